The quantitative estimate of drug-likeness (QED) is 0.442. The van der Waals surface area contributed by atoms with Gasteiger partial charge >= 0.3 is 19.5 Å². The molecule has 140 valence electrons. The summed E-state index contributed by atoms with van der Waals surface area (Å²) in [4.78, 5) is 22.1. The monoisotopic (exact) mass is 372 g/mol. The summed E-state index contributed by atoms with van der Waals surface area (Å²) in [6, 6.07) is 0. The molecule has 0 aliphatic carbocycles. The fraction of sp³-hybridized carbons (Fsp3) is 0.846. The molecule has 9 nitrogen and oxygen atoms in total. The SMILES string of the molecule is CCOP(=O)(CO[C@H]1O[C@@H](OC(C)=O)[C@@H](F)C1OC(C)=O)OCC. The molecule has 1 aliphatic rings. The van der Waals surface area contributed by atoms with Gasteiger partial charge in [0.05, 0.1) is 13.2 Å². The third kappa shape index (κ3) is 6.10. The largest absolute Gasteiger partial charge is 0.454 e. The van der Waals surface area contributed by atoms with Gasteiger partial charge in [-0.05, 0) is 13.8 Å². The van der Waals surface area contributed by atoms with E-state index < -0.39 is 50.7 Å². The molecule has 0 spiro atoms. The van der Waals surface area contributed by atoms with Crippen molar-refractivity contribution in [2.24, 2.45) is 0 Å². The minimum atomic E-state index is -3.57. The topological polar surface area (TPSA) is 107 Å². The van der Waals surface area contributed by atoms with E-state index in [9.17, 15) is 18.5 Å². The Labute approximate surface area is 139 Å². The first-order valence-corrected chi connectivity index (χ1v) is 9.09. The van der Waals surface area contributed by atoms with Crippen molar-refractivity contribution < 1.29 is 46.5 Å². The van der Waals surface area contributed by atoms with Crippen LogP contribution in [0.5, 0.6) is 0 Å². The van der Waals surface area contributed by atoms with E-state index in [1.165, 1.54) is 0 Å². The standard InChI is InChI=1S/C13H22FO9P/c1-5-19-24(17,20-6-2)7-18-13-11(21-8(3)15)10(14)12(23-13)22-9(4)16/h10-13H,5-7H2,1-4H3/t10-,11?,12+,13-/m0/s1. The third-order valence-corrected chi connectivity index (χ3v) is 4.51. The van der Waals surface area contributed by atoms with Crippen molar-refractivity contribution in [3.63, 3.8) is 0 Å². The molecule has 0 aromatic carbocycles. The van der Waals surface area contributed by atoms with Gasteiger partial charge in [-0.15, -0.1) is 0 Å². The van der Waals surface area contributed by atoms with Gasteiger partial charge in [0, 0.05) is 13.8 Å². The summed E-state index contributed by atoms with van der Waals surface area (Å²) in [5, 5.41) is 0. The normalized spacial score (nSPS) is 27.0. The molecular formula is C13H22FO9P. The molecule has 1 fully saturated rings. The number of hydrogen-bond acceptors (Lipinski definition) is 9. The molecular weight excluding hydrogens is 350 g/mol. The Kier molecular flexibility index (Phi) is 8.24. The predicted molar refractivity (Wildman–Crippen MR) is 77.7 cm³/mol. The number of rotatable bonds is 9. The Morgan fingerprint density at radius 2 is 1.58 bits per heavy atom. The lowest BCUT2D eigenvalue weighted by molar-refractivity contribution is -0.217. The van der Waals surface area contributed by atoms with Crippen LogP contribution < -0.4 is 0 Å². The highest BCUT2D eigenvalue weighted by Crippen LogP contribution is 2.48. The number of carbonyl (C=O) groups excluding carboxylic acids is 2. The molecule has 0 aromatic heterocycles. The molecule has 0 saturated carbocycles. The molecule has 24 heavy (non-hydrogen) atoms. The Bertz CT molecular complexity index is 476. The number of esters is 2. The van der Waals surface area contributed by atoms with Crippen LogP contribution in [0.4, 0.5) is 4.39 Å². The van der Waals surface area contributed by atoms with Gasteiger partial charge in [-0.2, -0.15) is 0 Å². The average Bonchev–Trinajstić information content (AvgIpc) is 2.73. The van der Waals surface area contributed by atoms with Crippen molar-refractivity contribution in [1.82, 2.24) is 0 Å². The summed E-state index contributed by atoms with van der Waals surface area (Å²) in [7, 11) is -3.57. The number of carbonyl (C=O) groups is 2. The number of hydrogen-bond donors (Lipinski definition) is 0. The summed E-state index contributed by atoms with van der Waals surface area (Å²) in [5.74, 6) is -1.56. The number of alkyl halides is 1. The smallest absolute Gasteiger partial charge is 0.356 e. The first kappa shape index (κ1) is 21.0. The lowest BCUT2D eigenvalue weighted by Crippen LogP contribution is -2.36. The molecule has 1 heterocycles. The van der Waals surface area contributed by atoms with Gasteiger partial charge in [0.25, 0.3) is 0 Å². The van der Waals surface area contributed by atoms with Crippen molar-refractivity contribution in [2.45, 2.75) is 52.6 Å². The minimum Gasteiger partial charge on any atom is -0.454 e. The molecule has 1 rings (SSSR count). The molecule has 0 aromatic rings. The van der Waals surface area contributed by atoms with Crippen LogP contribution in [-0.2, 0) is 42.1 Å². The van der Waals surface area contributed by atoms with Gasteiger partial charge < -0.3 is 28.0 Å². The number of ether oxygens (including phenoxy) is 4. The number of halogens is 1. The van der Waals surface area contributed by atoms with E-state index >= 15 is 0 Å². The molecule has 1 saturated heterocycles. The fourth-order valence-corrected chi connectivity index (χ4v) is 3.30. The first-order chi connectivity index (χ1) is 11.2. The highest BCUT2D eigenvalue weighted by molar-refractivity contribution is 7.53. The van der Waals surface area contributed by atoms with Gasteiger partial charge in [0.15, 0.2) is 12.5 Å². The second kappa shape index (κ2) is 9.43. The highest BCUT2D eigenvalue weighted by atomic mass is 31.2. The van der Waals surface area contributed by atoms with Gasteiger partial charge in [-0.1, -0.05) is 0 Å². The van der Waals surface area contributed by atoms with Crippen LogP contribution in [0, 0.1) is 0 Å². The van der Waals surface area contributed by atoms with Crippen LogP contribution in [0.1, 0.15) is 27.7 Å². The summed E-state index contributed by atoms with van der Waals surface area (Å²) < 4.78 is 56.4. The van der Waals surface area contributed by atoms with Crippen LogP contribution >= 0.6 is 7.60 Å². The van der Waals surface area contributed by atoms with Crippen LogP contribution in [0.25, 0.3) is 0 Å². The maximum Gasteiger partial charge on any atom is 0.356 e. The van der Waals surface area contributed by atoms with E-state index in [-0.39, 0.29) is 13.2 Å². The van der Waals surface area contributed by atoms with Gasteiger partial charge in [-0.25, -0.2) is 4.39 Å². The molecule has 4 atom stereocenters. The van der Waals surface area contributed by atoms with Crippen molar-refractivity contribution >= 4 is 19.5 Å². The maximum atomic E-state index is 14.2. The van der Waals surface area contributed by atoms with Crippen molar-refractivity contribution in [3.05, 3.63) is 0 Å². The maximum absolute atomic E-state index is 14.2. The molecule has 1 aliphatic heterocycles. The van der Waals surface area contributed by atoms with Gasteiger partial charge in [0.2, 0.25) is 18.8 Å². The lowest BCUT2D eigenvalue weighted by atomic mass is 10.2. The van der Waals surface area contributed by atoms with E-state index in [1.54, 1.807) is 13.8 Å². The zero-order valence-corrected chi connectivity index (χ0v) is 14.8. The second-order valence-electron chi connectivity index (χ2n) is 4.74. The highest BCUT2D eigenvalue weighted by Gasteiger charge is 2.51. The molecule has 0 radical (unpaired) electrons. The van der Waals surface area contributed by atoms with Crippen LogP contribution in [-0.4, -0.2) is 56.4 Å². The Morgan fingerprint density at radius 3 is 2.04 bits per heavy atom. The summed E-state index contributed by atoms with van der Waals surface area (Å²) >= 11 is 0. The Morgan fingerprint density at radius 1 is 1.04 bits per heavy atom. The van der Waals surface area contributed by atoms with E-state index in [1.807, 2.05) is 0 Å². The third-order valence-electron chi connectivity index (χ3n) is 2.74. The Balaban J connectivity index is 2.79. The summed E-state index contributed by atoms with van der Waals surface area (Å²) in [5.41, 5.74) is 0. The van der Waals surface area contributed by atoms with Crippen LogP contribution in [0.2, 0.25) is 0 Å². The average molecular weight is 372 g/mol. The van der Waals surface area contributed by atoms with E-state index in [0.717, 1.165) is 13.8 Å². The van der Waals surface area contributed by atoms with E-state index in [4.69, 9.17) is 23.3 Å². The van der Waals surface area contributed by atoms with Crippen molar-refractivity contribution in [3.8, 4) is 0 Å². The fourth-order valence-electron chi connectivity index (χ4n) is 1.96. The van der Waals surface area contributed by atoms with Crippen LogP contribution in [0.3, 0.4) is 0 Å². The Hall–Kier alpha value is -1.06. The van der Waals surface area contributed by atoms with E-state index in [0.29, 0.717) is 0 Å². The van der Waals surface area contributed by atoms with Crippen LogP contribution in [0.15, 0.2) is 0 Å². The second-order valence-corrected chi connectivity index (χ2v) is 6.74. The molecule has 11 heteroatoms. The van der Waals surface area contributed by atoms with Crippen molar-refractivity contribution in [2.75, 3.05) is 19.6 Å². The molecule has 0 amide bonds. The first-order valence-electron chi connectivity index (χ1n) is 7.36. The lowest BCUT2D eigenvalue weighted by Gasteiger charge is -2.22. The van der Waals surface area contributed by atoms with Crippen molar-refractivity contribution in [1.29, 1.82) is 0 Å². The molecule has 0 bridgehead atoms. The minimum absolute atomic E-state index is 0.112. The van der Waals surface area contributed by atoms with Gasteiger partial charge in [-0.3, -0.25) is 14.2 Å². The summed E-state index contributed by atoms with van der Waals surface area (Å²) in [6.07, 6.45) is -7.01. The van der Waals surface area contributed by atoms with Gasteiger partial charge in [0.1, 0.15) is 0 Å². The zero-order chi connectivity index (χ0) is 18.3. The van der Waals surface area contributed by atoms with E-state index in [2.05, 4.69) is 4.74 Å². The molecule has 0 N–H and O–H groups in total. The zero-order valence-electron chi connectivity index (χ0n) is 13.9. The molecule has 1 unspecified atom stereocenters. The predicted octanol–water partition coefficient (Wildman–Crippen LogP) is 1.74. The summed E-state index contributed by atoms with van der Waals surface area (Å²) in [6.45, 7) is 5.61.